The van der Waals surface area contributed by atoms with Gasteiger partial charge in [-0.2, -0.15) is 0 Å². The summed E-state index contributed by atoms with van der Waals surface area (Å²) in [5.41, 5.74) is 3.54. The Hall–Kier alpha value is -2.30. The summed E-state index contributed by atoms with van der Waals surface area (Å²) < 4.78 is 5.60. The van der Waals surface area contributed by atoms with Gasteiger partial charge in [-0.1, -0.05) is 26.3 Å². The molecule has 1 aromatic rings. The zero-order valence-electron chi connectivity index (χ0n) is 16.7. The summed E-state index contributed by atoms with van der Waals surface area (Å²) in [7, 11) is 0. The van der Waals surface area contributed by atoms with Gasteiger partial charge in [0.15, 0.2) is 0 Å². The third-order valence-corrected chi connectivity index (χ3v) is 6.44. The molecule has 2 unspecified atom stereocenters. The highest BCUT2D eigenvalue weighted by Crippen LogP contribution is 2.57. The quantitative estimate of drug-likeness (QED) is 0.605. The molecule has 5 nitrogen and oxygen atoms in total. The second-order valence-corrected chi connectivity index (χ2v) is 8.39. The molecule has 0 heterocycles. The van der Waals surface area contributed by atoms with Gasteiger partial charge in [-0.25, -0.2) is 4.79 Å². The summed E-state index contributed by atoms with van der Waals surface area (Å²) in [6, 6.07) is 1.79. The number of aliphatic carboxylic acids is 1. The van der Waals surface area contributed by atoms with E-state index in [-0.39, 0.29) is 17.3 Å². The molecule has 2 N–H and O–H groups in total. The average molecular weight is 372 g/mol. The highest BCUT2D eigenvalue weighted by atomic mass is 16.5. The standard InChI is InChI=1S/C22H28O5/c1-11(2)16-10-18(27-13(4)23)19-15(20(16)24)6-7-17-12(3)14(21(25)26)8-9-22(17,19)5/h10-11,17,24H,6-9H2,1-5H3,(H,25,26). The molecule has 0 spiro atoms. The van der Waals surface area contributed by atoms with Crippen LogP contribution in [-0.2, 0) is 21.4 Å². The van der Waals surface area contributed by atoms with Gasteiger partial charge in [0.1, 0.15) is 11.5 Å². The Morgan fingerprint density at radius 1 is 1.30 bits per heavy atom. The second-order valence-electron chi connectivity index (χ2n) is 8.39. The summed E-state index contributed by atoms with van der Waals surface area (Å²) >= 11 is 0. The van der Waals surface area contributed by atoms with Crippen molar-refractivity contribution in [3.05, 3.63) is 33.9 Å². The van der Waals surface area contributed by atoms with E-state index in [1.54, 1.807) is 6.07 Å². The summed E-state index contributed by atoms with van der Waals surface area (Å²) in [5.74, 6) is -0.277. The Bertz CT molecular complexity index is 849. The largest absolute Gasteiger partial charge is 0.507 e. The van der Waals surface area contributed by atoms with E-state index < -0.39 is 11.9 Å². The van der Waals surface area contributed by atoms with Crippen molar-refractivity contribution in [1.82, 2.24) is 0 Å². The summed E-state index contributed by atoms with van der Waals surface area (Å²) in [5, 5.41) is 20.5. The number of hydrogen-bond donors (Lipinski definition) is 2. The Kier molecular flexibility index (Phi) is 4.83. The van der Waals surface area contributed by atoms with E-state index in [0.717, 1.165) is 28.7 Å². The van der Waals surface area contributed by atoms with Crippen LogP contribution in [0.15, 0.2) is 17.2 Å². The van der Waals surface area contributed by atoms with Crippen molar-refractivity contribution in [2.45, 2.75) is 71.6 Å². The fraction of sp³-hybridized carbons (Fsp3) is 0.545. The molecule has 0 aliphatic heterocycles. The number of carbonyl (C=O) groups is 2. The number of benzene rings is 1. The van der Waals surface area contributed by atoms with Crippen molar-refractivity contribution >= 4 is 11.9 Å². The molecule has 27 heavy (non-hydrogen) atoms. The molecule has 2 aliphatic carbocycles. The van der Waals surface area contributed by atoms with Crippen molar-refractivity contribution in [1.29, 1.82) is 0 Å². The first-order valence-electron chi connectivity index (χ1n) is 9.58. The number of hydrogen-bond acceptors (Lipinski definition) is 4. The Morgan fingerprint density at radius 3 is 2.52 bits per heavy atom. The first-order valence-corrected chi connectivity index (χ1v) is 9.58. The minimum atomic E-state index is -0.849. The third kappa shape index (κ3) is 3.03. The fourth-order valence-electron chi connectivity index (χ4n) is 5.11. The predicted octanol–water partition coefficient (Wildman–Crippen LogP) is 4.46. The number of fused-ring (bicyclic) bond motifs is 3. The third-order valence-electron chi connectivity index (χ3n) is 6.44. The molecule has 1 aromatic carbocycles. The van der Waals surface area contributed by atoms with Gasteiger partial charge in [0.05, 0.1) is 0 Å². The van der Waals surface area contributed by atoms with Gasteiger partial charge in [0.2, 0.25) is 0 Å². The minimum absolute atomic E-state index is 0.0588. The van der Waals surface area contributed by atoms with Crippen LogP contribution in [0.25, 0.3) is 0 Å². The molecule has 2 atom stereocenters. The Labute approximate surface area is 160 Å². The average Bonchev–Trinajstić information content (AvgIpc) is 2.55. The van der Waals surface area contributed by atoms with Crippen LogP contribution in [0, 0.1) is 5.92 Å². The van der Waals surface area contributed by atoms with Crippen molar-refractivity contribution in [2.75, 3.05) is 0 Å². The van der Waals surface area contributed by atoms with E-state index in [1.165, 1.54) is 6.92 Å². The van der Waals surface area contributed by atoms with Crippen LogP contribution in [0.4, 0.5) is 0 Å². The van der Waals surface area contributed by atoms with Crippen molar-refractivity contribution in [3.8, 4) is 11.5 Å². The van der Waals surface area contributed by atoms with Crippen LogP contribution in [0.3, 0.4) is 0 Å². The number of rotatable bonds is 3. The second kappa shape index (κ2) is 6.70. The molecule has 0 bridgehead atoms. The molecular weight excluding hydrogens is 344 g/mol. The Morgan fingerprint density at radius 2 is 1.96 bits per heavy atom. The van der Waals surface area contributed by atoms with Gasteiger partial charge in [-0.3, -0.25) is 4.79 Å². The van der Waals surface area contributed by atoms with Crippen molar-refractivity contribution in [2.24, 2.45) is 5.92 Å². The van der Waals surface area contributed by atoms with Crippen LogP contribution in [0.2, 0.25) is 0 Å². The van der Waals surface area contributed by atoms with Gasteiger partial charge >= 0.3 is 11.9 Å². The number of carboxylic acids is 1. The maximum Gasteiger partial charge on any atom is 0.331 e. The van der Waals surface area contributed by atoms with Crippen molar-refractivity contribution < 1.29 is 24.5 Å². The van der Waals surface area contributed by atoms with Crippen LogP contribution in [0.1, 0.15) is 76.5 Å². The van der Waals surface area contributed by atoms with E-state index in [2.05, 4.69) is 6.92 Å². The van der Waals surface area contributed by atoms with Crippen LogP contribution < -0.4 is 4.74 Å². The molecule has 0 amide bonds. The minimum Gasteiger partial charge on any atom is -0.507 e. The monoisotopic (exact) mass is 372 g/mol. The van der Waals surface area contributed by atoms with Gasteiger partial charge in [-0.05, 0) is 50.5 Å². The number of aromatic hydroxyl groups is 1. The smallest absolute Gasteiger partial charge is 0.331 e. The molecule has 5 heteroatoms. The highest BCUT2D eigenvalue weighted by Gasteiger charge is 2.48. The van der Waals surface area contributed by atoms with E-state index in [1.807, 2.05) is 20.8 Å². The number of phenolic OH excluding ortho intramolecular Hbond substituents is 1. The normalized spacial score (nSPS) is 24.4. The number of allylic oxidation sites excluding steroid dienone is 1. The fourth-order valence-corrected chi connectivity index (χ4v) is 5.11. The number of phenols is 1. The predicted molar refractivity (Wildman–Crippen MR) is 102 cm³/mol. The van der Waals surface area contributed by atoms with Gasteiger partial charge in [0, 0.05) is 34.6 Å². The van der Waals surface area contributed by atoms with Crippen LogP contribution in [0.5, 0.6) is 11.5 Å². The lowest BCUT2D eigenvalue weighted by Crippen LogP contribution is -2.41. The van der Waals surface area contributed by atoms with Gasteiger partial charge in [0.25, 0.3) is 0 Å². The lowest BCUT2D eigenvalue weighted by molar-refractivity contribution is -0.133. The molecule has 146 valence electrons. The topological polar surface area (TPSA) is 83.8 Å². The molecule has 0 saturated carbocycles. The van der Waals surface area contributed by atoms with Crippen LogP contribution >= 0.6 is 0 Å². The van der Waals surface area contributed by atoms with Crippen LogP contribution in [-0.4, -0.2) is 22.2 Å². The summed E-state index contributed by atoms with van der Waals surface area (Å²) in [6.07, 6.45) is 2.54. The number of carbonyl (C=O) groups excluding carboxylic acids is 1. The summed E-state index contributed by atoms with van der Waals surface area (Å²) in [6.45, 7) is 9.40. The molecule has 0 fully saturated rings. The number of ether oxygens (including phenoxy) is 1. The number of esters is 1. The molecule has 0 saturated heterocycles. The Balaban J connectivity index is 2.25. The summed E-state index contributed by atoms with van der Waals surface area (Å²) in [4.78, 5) is 23.4. The van der Waals surface area contributed by atoms with E-state index >= 15 is 0 Å². The highest BCUT2D eigenvalue weighted by molar-refractivity contribution is 5.88. The zero-order valence-corrected chi connectivity index (χ0v) is 16.7. The van der Waals surface area contributed by atoms with E-state index in [9.17, 15) is 19.8 Å². The van der Waals surface area contributed by atoms with E-state index in [0.29, 0.717) is 36.3 Å². The lowest BCUT2D eigenvalue weighted by Gasteiger charge is -2.48. The first kappa shape index (κ1) is 19.5. The maximum atomic E-state index is 11.8. The van der Waals surface area contributed by atoms with Gasteiger partial charge in [-0.15, -0.1) is 0 Å². The lowest BCUT2D eigenvalue weighted by atomic mass is 9.56. The number of carboxylic acid groups (broad SMARTS) is 1. The first-order chi connectivity index (χ1) is 12.6. The molecule has 0 aromatic heterocycles. The van der Waals surface area contributed by atoms with Gasteiger partial charge < -0.3 is 14.9 Å². The SMILES string of the molecule is CC(=O)Oc1cc(C(C)C)c(O)c2c1C1(C)CCC(C(=O)O)=C(C)C1CC2. The van der Waals surface area contributed by atoms with E-state index in [4.69, 9.17) is 4.74 Å². The molecule has 0 radical (unpaired) electrons. The molecule has 3 rings (SSSR count). The molecular formula is C22H28O5. The molecule has 2 aliphatic rings. The maximum absolute atomic E-state index is 11.8. The zero-order chi connectivity index (χ0) is 20.1. The van der Waals surface area contributed by atoms with Crippen molar-refractivity contribution in [3.63, 3.8) is 0 Å².